The average molecular weight is 449 g/mol. The Morgan fingerprint density at radius 1 is 1.09 bits per heavy atom. The van der Waals surface area contributed by atoms with Crippen LogP contribution in [0.4, 0.5) is 23.7 Å². The first-order valence-electron chi connectivity index (χ1n) is 10.4. The van der Waals surface area contributed by atoms with Crippen LogP contribution in [-0.4, -0.2) is 42.8 Å². The zero-order valence-electron chi connectivity index (χ0n) is 17.7. The van der Waals surface area contributed by atoms with Gasteiger partial charge in [0.25, 0.3) is 0 Å². The molecule has 1 aliphatic rings. The van der Waals surface area contributed by atoms with E-state index in [1.165, 1.54) is 24.3 Å². The molecular formula is C23H26F3N3O3. The number of hydrogen-bond acceptors (Lipinski definition) is 3. The summed E-state index contributed by atoms with van der Waals surface area (Å²) in [5.74, 6) is -0.274. The lowest BCUT2D eigenvalue weighted by atomic mass is 9.97. The topological polar surface area (TPSA) is 70.7 Å². The minimum Gasteiger partial charge on any atom is -0.406 e. The number of halogens is 3. The van der Waals surface area contributed by atoms with Gasteiger partial charge in [-0.25, -0.2) is 4.79 Å². The summed E-state index contributed by atoms with van der Waals surface area (Å²) in [6.07, 6.45) is -2.92. The molecule has 2 N–H and O–H groups in total. The summed E-state index contributed by atoms with van der Waals surface area (Å²) in [5.41, 5.74) is 2.43. The predicted molar refractivity (Wildman–Crippen MR) is 114 cm³/mol. The van der Waals surface area contributed by atoms with Crippen molar-refractivity contribution in [2.45, 2.75) is 32.5 Å². The number of carbonyl (C=O) groups excluding carboxylic acids is 2. The number of benzene rings is 2. The summed E-state index contributed by atoms with van der Waals surface area (Å²) in [5, 5.41) is 5.64. The molecule has 2 aromatic rings. The summed E-state index contributed by atoms with van der Waals surface area (Å²) in [7, 11) is 0. The third-order valence-corrected chi connectivity index (χ3v) is 5.24. The Kier molecular flexibility index (Phi) is 7.61. The molecule has 1 aliphatic heterocycles. The van der Waals surface area contributed by atoms with Crippen LogP contribution in [0.25, 0.3) is 0 Å². The molecule has 6 nitrogen and oxygen atoms in total. The van der Waals surface area contributed by atoms with Crippen LogP contribution in [0.5, 0.6) is 5.75 Å². The molecule has 1 heterocycles. The number of ether oxygens (including phenoxy) is 1. The van der Waals surface area contributed by atoms with Gasteiger partial charge in [-0.3, -0.25) is 4.79 Å². The Labute approximate surface area is 184 Å². The Morgan fingerprint density at radius 3 is 2.44 bits per heavy atom. The van der Waals surface area contributed by atoms with E-state index in [1.54, 1.807) is 4.90 Å². The Hall–Kier alpha value is -3.23. The summed E-state index contributed by atoms with van der Waals surface area (Å²) >= 11 is 0. The van der Waals surface area contributed by atoms with Gasteiger partial charge in [0.15, 0.2) is 0 Å². The van der Waals surface area contributed by atoms with Gasteiger partial charge in [-0.05, 0) is 55.5 Å². The molecule has 0 bridgehead atoms. The number of amides is 3. The maximum absolute atomic E-state index is 12.6. The summed E-state index contributed by atoms with van der Waals surface area (Å²) in [6.45, 7) is 3.57. The van der Waals surface area contributed by atoms with Crippen molar-refractivity contribution >= 4 is 17.6 Å². The Morgan fingerprint density at radius 2 is 1.78 bits per heavy atom. The van der Waals surface area contributed by atoms with Crippen LogP contribution in [0.2, 0.25) is 0 Å². The quantitative estimate of drug-likeness (QED) is 0.683. The van der Waals surface area contributed by atoms with E-state index in [4.69, 9.17) is 0 Å². The largest absolute Gasteiger partial charge is 0.573 e. The third-order valence-electron chi connectivity index (χ3n) is 5.24. The number of piperidine rings is 1. The number of alkyl halides is 3. The zero-order valence-corrected chi connectivity index (χ0v) is 17.7. The lowest BCUT2D eigenvalue weighted by Crippen LogP contribution is -2.44. The SMILES string of the molecule is Cc1ccc(NC(=O)NCC2CCCN(C(=O)Cc3ccc(OC(F)(F)F)cc3)C2)cc1. The molecular weight excluding hydrogens is 423 g/mol. The van der Waals surface area contributed by atoms with Crippen molar-refractivity contribution in [1.29, 1.82) is 0 Å². The van der Waals surface area contributed by atoms with E-state index in [-0.39, 0.29) is 30.0 Å². The second kappa shape index (κ2) is 10.4. The monoisotopic (exact) mass is 449 g/mol. The van der Waals surface area contributed by atoms with E-state index in [1.807, 2.05) is 31.2 Å². The molecule has 1 saturated heterocycles. The summed E-state index contributed by atoms with van der Waals surface area (Å²) in [6, 6.07) is 12.5. The van der Waals surface area contributed by atoms with Gasteiger partial charge in [0, 0.05) is 25.3 Å². The van der Waals surface area contributed by atoms with Gasteiger partial charge >= 0.3 is 12.4 Å². The molecule has 32 heavy (non-hydrogen) atoms. The molecule has 3 rings (SSSR count). The lowest BCUT2D eigenvalue weighted by molar-refractivity contribution is -0.274. The van der Waals surface area contributed by atoms with Crippen molar-refractivity contribution in [3.63, 3.8) is 0 Å². The molecule has 2 aromatic carbocycles. The zero-order chi connectivity index (χ0) is 23.1. The van der Waals surface area contributed by atoms with Crippen LogP contribution in [0.3, 0.4) is 0 Å². The van der Waals surface area contributed by atoms with Crippen LogP contribution in [0, 0.1) is 12.8 Å². The van der Waals surface area contributed by atoms with Crippen molar-refractivity contribution in [2.24, 2.45) is 5.92 Å². The number of nitrogens with zero attached hydrogens (tertiary/aromatic N) is 1. The van der Waals surface area contributed by atoms with E-state index in [2.05, 4.69) is 15.4 Å². The van der Waals surface area contributed by atoms with Crippen LogP contribution < -0.4 is 15.4 Å². The van der Waals surface area contributed by atoms with E-state index in [0.717, 1.165) is 18.4 Å². The van der Waals surface area contributed by atoms with Gasteiger partial charge in [-0.1, -0.05) is 29.8 Å². The first-order valence-corrected chi connectivity index (χ1v) is 10.4. The molecule has 3 amide bonds. The highest BCUT2D eigenvalue weighted by atomic mass is 19.4. The van der Waals surface area contributed by atoms with Gasteiger partial charge < -0.3 is 20.3 Å². The third kappa shape index (κ3) is 7.47. The molecule has 1 fully saturated rings. The molecule has 9 heteroatoms. The van der Waals surface area contributed by atoms with Crippen molar-refractivity contribution in [3.8, 4) is 5.75 Å². The standard InChI is InChI=1S/C23H26F3N3O3/c1-16-4-8-19(9-5-16)28-22(31)27-14-18-3-2-12-29(15-18)21(30)13-17-6-10-20(11-7-17)32-23(24,25)26/h4-11,18H,2-3,12-15H2,1H3,(H2,27,28,31). The molecule has 0 radical (unpaired) electrons. The summed E-state index contributed by atoms with van der Waals surface area (Å²) in [4.78, 5) is 26.5. The van der Waals surface area contributed by atoms with Crippen LogP contribution >= 0.6 is 0 Å². The maximum Gasteiger partial charge on any atom is 0.573 e. The first-order chi connectivity index (χ1) is 15.2. The van der Waals surface area contributed by atoms with Crippen LogP contribution in [0.15, 0.2) is 48.5 Å². The number of nitrogens with one attached hydrogen (secondary N) is 2. The van der Waals surface area contributed by atoms with Gasteiger partial charge in [0.05, 0.1) is 6.42 Å². The minimum absolute atomic E-state index is 0.0942. The number of aryl methyl sites for hydroxylation is 1. The number of carbonyl (C=O) groups is 2. The van der Waals surface area contributed by atoms with Gasteiger partial charge in [0.1, 0.15) is 5.75 Å². The molecule has 1 unspecified atom stereocenters. The number of hydrogen-bond donors (Lipinski definition) is 2. The van der Waals surface area contributed by atoms with E-state index < -0.39 is 6.36 Å². The first kappa shape index (κ1) is 23.4. The average Bonchev–Trinajstić information content (AvgIpc) is 2.74. The Balaban J connectivity index is 1.45. The van der Waals surface area contributed by atoms with Crippen LogP contribution in [-0.2, 0) is 11.2 Å². The van der Waals surface area contributed by atoms with Crippen molar-refractivity contribution in [2.75, 3.05) is 25.0 Å². The second-order valence-electron chi connectivity index (χ2n) is 7.92. The van der Waals surface area contributed by atoms with Crippen molar-refractivity contribution < 1.29 is 27.5 Å². The molecule has 0 spiro atoms. The second-order valence-corrected chi connectivity index (χ2v) is 7.92. The van der Waals surface area contributed by atoms with Crippen LogP contribution in [0.1, 0.15) is 24.0 Å². The highest BCUT2D eigenvalue weighted by molar-refractivity contribution is 5.89. The lowest BCUT2D eigenvalue weighted by Gasteiger charge is -2.33. The van der Waals surface area contributed by atoms with Crippen molar-refractivity contribution in [1.82, 2.24) is 10.2 Å². The fourth-order valence-electron chi connectivity index (χ4n) is 3.60. The highest BCUT2D eigenvalue weighted by Gasteiger charge is 2.31. The molecule has 0 aromatic heterocycles. The normalized spacial score (nSPS) is 16.4. The number of rotatable bonds is 6. The van der Waals surface area contributed by atoms with Gasteiger partial charge in [-0.2, -0.15) is 0 Å². The minimum atomic E-state index is -4.74. The molecule has 0 aliphatic carbocycles. The maximum atomic E-state index is 12.6. The fraction of sp³-hybridized carbons (Fsp3) is 0.391. The molecule has 0 saturated carbocycles. The molecule has 172 valence electrons. The highest BCUT2D eigenvalue weighted by Crippen LogP contribution is 2.23. The number of urea groups is 1. The molecule has 1 atom stereocenters. The van der Waals surface area contributed by atoms with E-state index >= 15 is 0 Å². The van der Waals surface area contributed by atoms with E-state index in [0.29, 0.717) is 30.9 Å². The summed E-state index contributed by atoms with van der Waals surface area (Å²) < 4.78 is 40.6. The fourth-order valence-corrected chi connectivity index (χ4v) is 3.60. The smallest absolute Gasteiger partial charge is 0.406 e. The van der Waals surface area contributed by atoms with Gasteiger partial charge in [0.2, 0.25) is 5.91 Å². The van der Waals surface area contributed by atoms with Gasteiger partial charge in [-0.15, -0.1) is 13.2 Å². The number of likely N-dealkylation sites (tertiary alicyclic amines) is 1. The predicted octanol–water partition coefficient (Wildman–Crippen LogP) is 4.50. The van der Waals surface area contributed by atoms with E-state index in [9.17, 15) is 22.8 Å². The Bertz CT molecular complexity index is 915. The van der Waals surface area contributed by atoms with Crippen molar-refractivity contribution in [3.05, 3.63) is 59.7 Å². The number of anilines is 1.